The Balaban J connectivity index is 2.29. The van der Waals surface area contributed by atoms with E-state index in [0.29, 0.717) is 13.0 Å². The van der Waals surface area contributed by atoms with Crippen LogP contribution in [0, 0.1) is 6.92 Å². The zero-order valence-corrected chi connectivity index (χ0v) is 12.3. The molecule has 0 bridgehead atoms. The zero-order valence-electron chi connectivity index (χ0n) is 12.3. The second kappa shape index (κ2) is 6.88. The van der Waals surface area contributed by atoms with Gasteiger partial charge < -0.3 is 9.84 Å². The van der Waals surface area contributed by atoms with Gasteiger partial charge in [0.15, 0.2) is 0 Å². The normalized spacial score (nSPS) is 10.4. The minimum Gasteiger partial charge on any atom is -0.493 e. The van der Waals surface area contributed by atoms with Gasteiger partial charge in [-0.05, 0) is 44.0 Å². The molecule has 1 aromatic carbocycles. The Hall–Kier alpha value is -2.36. The molecule has 0 amide bonds. The van der Waals surface area contributed by atoms with E-state index >= 15 is 0 Å². The second-order valence-corrected chi connectivity index (χ2v) is 4.76. The Kier molecular flexibility index (Phi) is 4.93. The number of carboxylic acid groups (broad SMARTS) is 1. The van der Waals surface area contributed by atoms with Crippen molar-refractivity contribution in [1.29, 1.82) is 0 Å². The summed E-state index contributed by atoms with van der Waals surface area (Å²) in [7, 11) is 0. The molecular formula is C17H19NO3. The maximum Gasteiger partial charge on any atom is 0.303 e. The summed E-state index contributed by atoms with van der Waals surface area (Å²) in [6.45, 7) is 4.46. The predicted octanol–water partition coefficient (Wildman–Crippen LogP) is 3.47. The van der Waals surface area contributed by atoms with Crippen molar-refractivity contribution in [3.05, 3.63) is 47.7 Å². The van der Waals surface area contributed by atoms with E-state index in [4.69, 9.17) is 9.84 Å². The van der Waals surface area contributed by atoms with Crippen LogP contribution in [0.5, 0.6) is 5.75 Å². The van der Waals surface area contributed by atoms with Gasteiger partial charge in [0.05, 0.1) is 12.3 Å². The summed E-state index contributed by atoms with van der Waals surface area (Å²) in [6, 6.07) is 11.7. The van der Waals surface area contributed by atoms with Crippen molar-refractivity contribution in [2.24, 2.45) is 0 Å². The fourth-order valence-electron chi connectivity index (χ4n) is 2.21. The van der Waals surface area contributed by atoms with Crippen LogP contribution in [0.3, 0.4) is 0 Å². The van der Waals surface area contributed by atoms with E-state index < -0.39 is 5.97 Å². The molecule has 0 saturated heterocycles. The molecule has 4 heteroatoms. The highest BCUT2D eigenvalue weighted by Gasteiger charge is 2.09. The number of carbonyl (C=O) groups is 1. The molecule has 4 nitrogen and oxygen atoms in total. The Labute approximate surface area is 124 Å². The van der Waals surface area contributed by atoms with Gasteiger partial charge in [0.2, 0.25) is 0 Å². The van der Waals surface area contributed by atoms with E-state index in [0.717, 1.165) is 28.3 Å². The largest absolute Gasteiger partial charge is 0.493 e. The Morgan fingerprint density at radius 3 is 2.67 bits per heavy atom. The van der Waals surface area contributed by atoms with Gasteiger partial charge in [0, 0.05) is 17.7 Å². The third-order valence-electron chi connectivity index (χ3n) is 3.27. The maximum atomic E-state index is 10.7. The molecule has 1 aromatic heterocycles. The number of pyridine rings is 1. The second-order valence-electron chi connectivity index (χ2n) is 4.76. The first-order chi connectivity index (χ1) is 10.1. The first-order valence-electron chi connectivity index (χ1n) is 7.02. The average Bonchev–Trinajstić information content (AvgIpc) is 2.47. The Bertz CT molecular complexity index is 638. The van der Waals surface area contributed by atoms with Crippen LogP contribution in [0.25, 0.3) is 11.3 Å². The Morgan fingerprint density at radius 1 is 1.24 bits per heavy atom. The molecular weight excluding hydrogens is 266 g/mol. The van der Waals surface area contributed by atoms with E-state index in [9.17, 15) is 4.79 Å². The van der Waals surface area contributed by atoms with E-state index in [1.807, 2.05) is 50.2 Å². The first kappa shape index (κ1) is 15.0. The van der Waals surface area contributed by atoms with Gasteiger partial charge >= 0.3 is 5.97 Å². The minimum atomic E-state index is -0.792. The fraction of sp³-hybridized carbons (Fsp3) is 0.294. The molecule has 0 aliphatic rings. The first-order valence-corrected chi connectivity index (χ1v) is 7.02. The summed E-state index contributed by atoms with van der Waals surface area (Å²) in [5.41, 5.74) is 3.62. The number of hydrogen-bond acceptors (Lipinski definition) is 3. The molecule has 0 unspecified atom stereocenters. The Morgan fingerprint density at radius 2 is 2.00 bits per heavy atom. The summed E-state index contributed by atoms with van der Waals surface area (Å²) < 4.78 is 5.62. The molecule has 0 aliphatic carbocycles. The van der Waals surface area contributed by atoms with Gasteiger partial charge in [-0.25, -0.2) is 0 Å². The lowest BCUT2D eigenvalue weighted by Crippen LogP contribution is -2.01. The van der Waals surface area contributed by atoms with Gasteiger partial charge in [-0.15, -0.1) is 0 Å². The van der Waals surface area contributed by atoms with Crippen LogP contribution in [-0.2, 0) is 11.2 Å². The standard InChI is InChI=1S/C17H19NO3/c1-3-21-16-7-5-4-6-14(16)15-10-8-13(12(2)18-15)9-11-17(19)20/h4-8,10H,3,9,11H2,1-2H3,(H,19,20). The lowest BCUT2D eigenvalue weighted by molar-refractivity contribution is -0.136. The zero-order chi connectivity index (χ0) is 15.2. The van der Waals surface area contributed by atoms with Gasteiger partial charge in [-0.1, -0.05) is 18.2 Å². The number of nitrogens with zero attached hydrogens (tertiary/aromatic N) is 1. The quantitative estimate of drug-likeness (QED) is 0.882. The van der Waals surface area contributed by atoms with E-state index in [2.05, 4.69) is 4.98 Å². The molecule has 0 spiro atoms. The van der Waals surface area contributed by atoms with E-state index in [-0.39, 0.29) is 6.42 Å². The van der Waals surface area contributed by atoms with Crippen molar-refractivity contribution >= 4 is 5.97 Å². The van der Waals surface area contributed by atoms with Gasteiger partial charge in [-0.2, -0.15) is 0 Å². The number of para-hydroxylation sites is 1. The summed E-state index contributed by atoms with van der Waals surface area (Å²) in [6.07, 6.45) is 0.624. The van der Waals surface area contributed by atoms with Crippen LogP contribution in [0.1, 0.15) is 24.6 Å². The van der Waals surface area contributed by atoms with Crippen LogP contribution in [-0.4, -0.2) is 22.7 Å². The highest BCUT2D eigenvalue weighted by atomic mass is 16.5. The minimum absolute atomic E-state index is 0.122. The number of hydrogen-bond donors (Lipinski definition) is 1. The van der Waals surface area contributed by atoms with Crippen molar-refractivity contribution < 1.29 is 14.6 Å². The van der Waals surface area contributed by atoms with Crippen LogP contribution < -0.4 is 4.74 Å². The number of benzene rings is 1. The lowest BCUT2D eigenvalue weighted by atomic mass is 10.0. The third kappa shape index (κ3) is 3.81. The van der Waals surface area contributed by atoms with Crippen LogP contribution in [0.4, 0.5) is 0 Å². The fourth-order valence-corrected chi connectivity index (χ4v) is 2.21. The monoisotopic (exact) mass is 285 g/mol. The molecule has 2 rings (SSSR count). The molecule has 21 heavy (non-hydrogen) atoms. The number of aromatic nitrogens is 1. The van der Waals surface area contributed by atoms with Crippen molar-refractivity contribution in [2.45, 2.75) is 26.7 Å². The highest BCUT2D eigenvalue weighted by Crippen LogP contribution is 2.29. The molecule has 0 radical (unpaired) electrons. The SMILES string of the molecule is CCOc1ccccc1-c1ccc(CCC(=O)O)c(C)n1. The maximum absolute atomic E-state index is 10.7. The molecule has 2 aromatic rings. The number of ether oxygens (including phenoxy) is 1. The molecule has 110 valence electrons. The number of aryl methyl sites for hydroxylation is 2. The van der Waals surface area contributed by atoms with E-state index in [1.165, 1.54) is 0 Å². The van der Waals surface area contributed by atoms with Crippen LogP contribution in [0.15, 0.2) is 36.4 Å². The van der Waals surface area contributed by atoms with Crippen molar-refractivity contribution in [1.82, 2.24) is 4.98 Å². The van der Waals surface area contributed by atoms with Crippen LogP contribution in [0.2, 0.25) is 0 Å². The predicted molar refractivity (Wildman–Crippen MR) is 81.5 cm³/mol. The highest BCUT2D eigenvalue weighted by molar-refractivity contribution is 5.68. The lowest BCUT2D eigenvalue weighted by Gasteiger charge is -2.11. The number of rotatable bonds is 6. The molecule has 0 fully saturated rings. The molecule has 0 saturated carbocycles. The molecule has 1 N–H and O–H groups in total. The summed E-state index contributed by atoms with van der Waals surface area (Å²) in [5, 5.41) is 8.76. The van der Waals surface area contributed by atoms with Crippen molar-refractivity contribution in [3.63, 3.8) is 0 Å². The third-order valence-corrected chi connectivity index (χ3v) is 3.27. The van der Waals surface area contributed by atoms with Gasteiger partial charge in [-0.3, -0.25) is 9.78 Å². The topological polar surface area (TPSA) is 59.4 Å². The molecule has 1 heterocycles. The number of carboxylic acids is 1. The molecule has 0 atom stereocenters. The number of aliphatic carboxylic acids is 1. The summed E-state index contributed by atoms with van der Waals surface area (Å²) in [5.74, 6) is 0.0188. The summed E-state index contributed by atoms with van der Waals surface area (Å²) >= 11 is 0. The van der Waals surface area contributed by atoms with Gasteiger partial charge in [0.1, 0.15) is 5.75 Å². The van der Waals surface area contributed by atoms with Crippen molar-refractivity contribution in [3.8, 4) is 17.0 Å². The molecule has 0 aliphatic heterocycles. The summed E-state index contributed by atoms with van der Waals surface area (Å²) in [4.78, 5) is 15.2. The van der Waals surface area contributed by atoms with Gasteiger partial charge in [0.25, 0.3) is 0 Å². The van der Waals surface area contributed by atoms with Crippen LogP contribution >= 0.6 is 0 Å². The van der Waals surface area contributed by atoms with E-state index in [1.54, 1.807) is 0 Å². The average molecular weight is 285 g/mol. The smallest absolute Gasteiger partial charge is 0.303 e. The van der Waals surface area contributed by atoms with Crippen molar-refractivity contribution in [2.75, 3.05) is 6.61 Å².